The molecule has 0 radical (unpaired) electrons. The third-order valence-electron chi connectivity index (χ3n) is 4.00. The molecule has 2 nitrogen and oxygen atoms in total. The monoisotopic (exact) mass is 225 g/mol. The van der Waals surface area contributed by atoms with Crippen molar-refractivity contribution in [3.05, 3.63) is 4.91 Å². The summed E-state index contributed by atoms with van der Waals surface area (Å²) in [5, 5.41) is 3.01. The standard InChI is InChI=1S/C14H27NO/c1-13-7-3-2-4-9-14(11-12-15-16)10-6-5-8-13/h13-14H,2-12H2,1H3. The molecule has 94 valence electrons. The SMILES string of the molecule is CC1CCCCCC(CCN=O)CCCC1. The number of nitrogens with zero attached hydrogens (tertiary/aromatic N) is 1. The maximum atomic E-state index is 10.2. The second-order valence-electron chi connectivity index (χ2n) is 5.54. The highest BCUT2D eigenvalue weighted by molar-refractivity contribution is 4.65. The fourth-order valence-electron chi connectivity index (χ4n) is 2.84. The summed E-state index contributed by atoms with van der Waals surface area (Å²) in [5.41, 5.74) is 0. The molecule has 0 amide bonds. The van der Waals surface area contributed by atoms with E-state index in [0.717, 1.165) is 18.3 Å². The molecule has 0 spiro atoms. The molecular weight excluding hydrogens is 198 g/mol. The van der Waals surface area contributed by atoms with Crippen molar-refractivity contribution < 1.29 is 0 Å². The maximum absolute atomic E-state index is 10.2. The van der Waals surface area contributed by atoms with Crippen LogP contribution < -0.4 is 0 Å². The average molecular weight is 225 g/mol. The van der Waals surface area contributed by atoms with Crippen LogP contribution in [-0.4, -0.2) is 6.54 Å². The number of nitroso groups, excluding NO2 is 1. The summed E-state index contributed by atoms with van der Waals surface area (Å²) in [7, 11) is 0. The molecule has 0 aliphatic heterocycles. The van der Waals surface area contributed by atoms with Gasteiger partial charge in [-0.1, -0.05) is 69.9 Å². The van der Waals surface area contributed by atoms with Gasteiger partial charge in [0.25, 0.3) is 0 Å². The fourth-order valence-corrected chi connectivity index (χ4v) is 2.84. The summed E-state index contributed by atoms with van der Waals surface area (Å²) in [5.74, 6) is 1.69. The quantitative estimate of drug-likeness (QED) is 0.627. The van der Waals surface area contributed by atoms with Gasteiger partial charge >= 0.3 is 0 Å². The van der Waals surface area contributed by atoms with E-state index in [1.54, 1.807) is 0 Å². The van der Waals surface area contributed by atoms with Crippen LogP contribution in [0.5, 0.6) is 0 Å². The smallest absolute Gasteiger partial charge is 0.0813 e. The molecule has 0 saturated heterocycles. The second-order valence-corrected chi connectivity index (χ2v) is 5.54. The summed E-state index contributed by atoms with van der Waals surface area (Å²) >= 11 is 0. The van der Waals surface area contributed by atoms with Crippen LogP contribution in [0.25, 0.3) is 0 Å². The first kappa shape index (κ1) is 13.7. The van der Waals surface area contributed by atoms with Crippen molar-refractivity contribution in [1.82, 2.24) is 0 Å². The van der Waals surface area contributed by atoms with Gasteiger partial charge in [0.2, 0.25) is 0 Å². The molecule has 1 saturated carbocycles. The molecule has 0 N–H and O–H groups in total. The zero-order valence-corrected chi connectivity index (χ0v) is 10.8. The fraction of sp³-hybridized carbons (Fsp3) is 1.00. The maximum Gasteiger partial charge on any atom is 0.0813 e. The van der Waals surface area contributed by atoms with Gasteiger partial charge in [-0.2, -0.15) is 4.91 Å². The molecule has 1 rings (SSSR count). The first-order valence-electron chi connectivity index (χ1n) is 7.12. The average Bonchev–Trinajstić information content (AvgIpc) is 2.33. The predicted octanol–water partition coefficient (Wildman–Crippen LogP) is 4.92. The van der Waals surface area contributed by atoms with E-state index in [4.69, 9.17) is 0 Å². The van der Waals surface area contributed by atoms with Crippen LogP contribution in [0.15, 0.2) is 5.18 Å². The lowest BCUT2D eigenvalue weighted by Crippen LogP contribution is -2.02. The van der Waals surface area contributed by atoms with Gasteiger partial charge < -0.3 is 0 Å². The van der Waals surface area contributed by atoms with Crippen molar-refractivity contribution >= 4 is 0 Å². The van der Waals surface area contributed by atoms with Crippen molar-refractivity contribution in [3.63, 3.8) is 0 Å². The third-order valence-corrected chi connectivity index (χ3v) is 4.00. The molecule has 2 atom stereocenters. The molecule has 2 heteroatoms. The van der Waals surface area contributed by atoms with Crippen LogP contribution in [-0.2, 0) is 0 Å². The van der Waals surface area contributed by atoms with Gasteiger partial charge in [0.1, 0.15) is 0 Å². The minimum Gasteiger partial charge on any atom is -0.151 e. The Labute approximate surface area is 100 Å². The van der Waals surface area contributed by atoms with Crippen molar-refractivity contribution in [3.8, 4) is 0 Å². The number of rotatable bonds is 3. The summed E-state index contributed by atoms with van der Waals surface area (Å²) in [6.07, 6.45) is 13.4. The zero-order valence-electron chi connectivity index (χ0n) is 10.8. The Morgan fingerprint density at radius 1 is 0.938 bits per heavy atom. The molecule has 0 aromatic carbocycles. The first-order valence-corrected chi connectivity index (χ1v) is 7.12. The van der Waals surface area contributed by atoms with Crippen LogP contribution in [0, 0.1) is 16.7 Å². The second kappa shape index (κ2) is 8.72. The van der Waals surface area contributed by atoms with E-state index in [1.165, 1.54) is 57.8 Å². The van der Waals surface area contributed by atoms with Crippen LogP contribution in [0.3, 0.4) is 0 Å². The Bertz CT molecular complexity index is 182. The highest BCUT2D eigenvalue weighted by Crippen LogP contribution is 2.25. The largest absolute Gasteiger partial charge is 0.151 e. The molecule has 0 aromatic heterocycles. The Morgan fingerprint density at radius 3 is 2.19 bits per heavy atom. The van der Waals surface area contributed by atoms with Crippen LogP contribution in [0.1, 0.15) is 71.1 Å². The lowest BCUT2D eigenvalue weighted by Gasteiger charge is -2.14. The molecular formula is C14H27NO. The normalized spacial score (nSPS) is 29.3. The topological polar surface area (TPSA) is 29.4 Å². The van der Waals surface area contributed by atoms with Crippen molar-refractivity contribution in [2.45, 2.75) is 71.1 Å². The van der Waals surface area contributed by atoms with E-state index in [0.29, 0.717) is 6.54 Å². The van der Waals surface area contributed by atoms with E-state index in [-0.39, 0.29) is 0 Å². The van der Waals surface area contributed by atoms with Gasteiger partial charge in [-0.15, -0.1) is 0 Å². The van der Waals surface area contributed by atoms with Crippen molar-refractivity contribution in [2.75, 3.05) is 6.54 Å². The Balaban J connectivity index is 2.27. The van der Waals surface area contributed by atoms with Gasteiger partial charge in [-0.25, -0.2) is 0 Å². The molecule has 1 aliphatic rings. The molecule has 1 fully saturated rings. The van der Waals surface area contributed by atoms with Crippen LogP contribution >= 0.6 is 0 Å². The van der Waals surface area contributed by atoms with Gasteiger partial charge in [-0.05, 0) is 18.3 Å². The Kier molecular flexibility index (Phi) is 7.45. The van der Waals surface area contributed by atoms with Gasteiger partial charge in [0.05, 0.1) is 6.54 Å². The summed E-state index contributed by atoms with van der Waals surface area (Å²) in [6, 6.07) is 0. The van der Waals surface area contributed by atoms with E-state index in [1.807, 2.05) is 0 Å². The molecule has 0 heterocycles. The molecule has 2 unspecified atom stereocenters. The third kappa shape index (κ3) is 6.24. The van der Waals surface area contributed by atoms with Crippen molar-refractivity contribution in [1.29, 1.82) is 0 Å². The van der Waals surface area contributed by atoms with Gasteiger partial charge in [0.15, 0.2) is 0 Å². The Morgan fingerprint density at radius 2 is 1.50 bits per heavy atom. The lowest BCUT2D eigenvalue weighted by molar-refractivity contribution is 0.392. The number of hydrogen-bond acceptors (Lipinski definition) is 2. The van der Waals surface area contributed by atoms with Gasteiger partial charge in [-0.3, -0.25) is 0 Å². The first-order chi connectivity index (χ1) is 7.83. The molecule has 16 heavy (non-hydrogen) atoms. The van der Waals surface area contributed by atoms with Crippen LogP contribution in [0.2, 0.25) is 0 Å². The summed E-state index contributed by atoms with van der Waals surface area (Å²) < 4.78 is 0. The summed E-state index contributed by atoms with van der Waals surface area (Å²) in [6.45, 7) is 2.92. The van der Waals surface area contributed by atoms with E-state index < -0.39 is 0 Å². The molecule has 0 bridgehead atoms. The predicted molar refractivity (Wildman–Crippen MR) is 69.5 cm³/mol. The number of hydrogen-bond donors (Lipinski definition) is 0. The zero-order chi connectivity index (χ0) is 11.6. The van der Waals surface area contributed by atoms with E-state index in [2.05, 4.69) is 12.1 Å². The summed E-state index contributed by atoms with van der Waals surface area (Å²) in [4.78, 5) is 10.2. The van der Waals surface area contributed by atoms with Crippen molar-refractivity contribution in [2.24, 2.45) is 17.0 Å². The highest BCUT2D eigenvalue weighted by atomic mass is 16.3. The Hall–Kier alpha value is -0.400. The lowest BCUT2D eigenvalue weighted by atomic mass is 9.92. The van der Waals surface area contributed by atoms with Crippen LogP contribution in [0.4, 0.5) is 0 Å². The highest BCUT2D eigenvalue weighted by Gasteiger charge is 2.11. The minimum absolute atomic E-state index is 0.529. The van der Waals surface area contributed by atoms with E-state index >= 15 is 0 Å². The van der Waals surface area contributed by atoms with E-state index in [9.17, 15) is 4.91 Å². The molecule has 0 aromatic rings. The van der Waals surface area contributed by atoms with Gasteiger partial charge in [0, 0.05) is 0 Å². The molecule has 1 aliphatic carbocycles. The minimum atomic E-state index is 0.529.